The van der Waals surface area contributed by atoms with Gasteiger partial charge in [-0.05, 0) is 11.6 Å². The van der Waals surface area contributed by atoms with Gasteiger partial charge in [0, 0.05) is 32.7 Å². The lowest BCUT2D eigenvalue weighted by molar-refractivity contribution is 0.290. The van der Waals surface area contributed by atoms with E-state index in [-0.39, 0.29) is 11.3 Å². The van der Waals surface area contributed by atoms with E-state index in [1.54, 1.807) is 0 Å². The van der Waals surface area contributed by atoms with Crippen molar-refractivity contribution >= 4 is 34.8 Å². The fourth-order valence-electron chi connectivity index (χ4n) is 1.88. The first kappa shape index (κ1) is 14.2. The van der Waals surface area contributed by atoms with Gasteiger partial charge < -0.3 is 15.4 Å². The summed E-state index contributed by atoms with van der Waals surface area (Å²) in [6.07, 6.45) is 0. The summed E-state index contributed by atoms with van der Waals surface area (Å²) in [5.41, 5.74) is 5.54. The molecule has 0 bridgehead atoms. The van der Waals surface area contributed by atoms with Crippen LogP contribution in [0.5, 0.6) is 6.01 Å². The van der Waals surface area contributed by atoms with Crippen LogP contribution in [0.2, 0.25) is 5.28 Å². The Morgan fingerprint density at radius 2 is 2.00 bits per heavy atom. The van der Waals surface area contributed by atoms with Crippen molar-refractivity contribution in [3.05, 3.63) is 5.28 Å². The summed E-state index contributed by atoms with van der Waals surface area (Å²) in [4.78, 5) is 16.9. The van der Waals surface area contributed by atoms with Crippen LogP contribution in [-0.4, -0.2) is 64.7 Å². The maximum absolute atomic E-state index is 5.83. The number of ether oxygens (including phenoxy) is 1. The molecule has 1 aliphatic heterocycles. The summed E-state index contributed by atoms with van der Waals surface area (Å²) in [6.45, 7) is 3.91. The van der Waals surface area contributed by atoms with Crippen molar-refractivity contribution in [3.63, 3.8) is 0 Å². The van der Waals surface area contributed by atoms with Crippen LogP contribution in [-0.2, 0) is 0 Å². The van der Waals surface area contributed by atoms with Crippen LogP contribution in [0.3, 0.4) is 0 Å². The largest absolute Gasteiger partial charge is 0.467 e. The number of aromatic nitrogens is 3. The van der Waals surface area contributed by atoms with Crippen molar-refractivity contribution in [2.75, 3.05) is 44.7 Å². The number of halogens is 1. The first-order valence-corrected chi connectivity index (χ1v) is 6.58. The lowest BCUT2D eigenvalue weighted by atomic mass is 10.3. The molecule has 0 aliphatic carbocycles. The Balaban J connectivity index is 2.01. The van der Waals surface area contributed by atoms with E-state index in [1.807, 2.05) is 4.90 Å². The highest BCUT2D eigenvalue weighted by Gasteiger charge is 2.20. The highest BCUT2D eigenvalue weighted by molar-refractivity contribution is 7.80. The first-order valence-electron chi connectivity index (χ1n) is 5.79. The molecule has 0 saturated carbocycles. The van der Waals surface area contributed by atoms with Crippen molar-refractivity contribution in [3.8, 4) is 6.01 Å². The molecular weight excluding hydrogens is 288 g/mol. The molecule has 0 amide bonds. The van der Waals surface area contributed by atoms with Gasteiger partial charge in [-0.2, -0.15) is 15.0 Å². The summed E-state index contributed by atoms with van der Waals surface area (Å²) in [5.74, 6) is 0.534. The topological polar surface area (TPSA) is 80.4 Å². The number of methoxy groups -OCH3 is 1. The molecule has 9 heteroatoms. The predicted molar refractivity (Wildman–Crippen MR) is 76.8 cm³/mol. The van der Waals surface area contributed by atoms with Crippen molar-refractivity contribution < 1.29 is 4.74 Å². The van der Waals surface area contributed by atoms with Crippen LogP contribution in [0.4, 0.5) is 5.95 Å². The van der Waals surface area contributed by atoms with Gasteiger partial charge in [0.25, 0.3) is 0 Å². The number of hydrogen-bond donors (Lipinski definition) is 1. The molecule has 1 aliphatic rings. The Kier molecular flexibility index (Phi) is 4.67. The molecular formula is C10H15ClN6OS. The van der Waals surface area contributed by atoms with Gasteiger partial charge in [0.2, 0.25) is 11.2 Å². The van der Waals surface area contributed by atoms with E-state index in [0.717, 1.165) is 26.2 Å². The lowest BCUT2D eigenvalue weighted by Crippen LogP contribution is -2.49. The Bertz CT molecular complexity index is 465. The number of anilines is 1. The lowest BCUT2D eigenvalue weighted by Gasteiger charge is -2.34. The van der Waals surface area contributed by atoms with Crippen molar-refractivity contribution in [2.45, 2.75) is 0 Å². The second kappa shape index (κ2) is 6.27. The second-order valence-corrected chi connectivity index (χ2v) is 4.98. The fourth-order valence-corrected chi connectivity index (χ4v) is 2.21. The summed E-state index contributed by atoms with van der Waals surface area (Å²) in [6, 6.07) is 0.223. The van der Waals surface area contributed by atoms with Crippen LogP contribution >= 0.6 is 23.8 Å². The highest BCUT2D eigenvalue weighted by atomic mass is 35.5. The molecule has 1 aromatic heterocycles. The van der Waals surface area contributed by atoms with Crippen molar-refractivity contribution in [2.24, 2.45) is 5.73 Å². The zero-order chi connectivity index (χ0) is 13.8. The average molecular weight is 303 g/mol. The molecule has 104 valence electrons. The zero-order valence-corrected chi connectivity index (χ0v) is 12.1. The summed E-state index contributed by atoms with van der Waals surface area (Å²) < 4.78 is 4.98. The van der Waals surface area contributed by atoms with E-state index in [2.05, 4.69) is 19.9 Å². The van der Waals surface area contributed by atoms with Crippen LogP contribution in [0, 0.1) is 0 Å². The molecule has 0 unspecified atom stereocenters. The van der Waals surface area contributed by atoms with Crippen LogP contribution in [0.15, 0.2) is 0 Å². The van der Waals surface area contributed by atoms with Crippen LogP contribution in [0.1, 0.15) is 0 Å². The molecule has 0 aromatic carbocycles. The number of hydrogen-bond acceptors (Lipinski definition) is 7. The van der Waals surface area contributed by atoms with E-state index >= 15 is 0 Å². The van der Waals surface area contributed by atoms with E-state index < -0.39 is 0 Å². The number of nitrogens with two attached hydrogens (primary N) is 1. The molecule has 7 nitrogen and oxygen atoms in total. The SMILES string of the molecule is COc1nc(Cl)nc(N2CCN(CC(N)=S)CC2)n1. The second-order valence-electron chi connectivity index (χ2n) is 4.12. The van der Waals surface area contributed by atoms with Gasteiger partial charge in [-0.25, -0.2) is 0 Å². The molecule has 2 rings (SSSR count). The Labute approximate surface area is 121 Å². The van der Waals surface area contributed by atoms with Gasteiger partial charge in [-0.3, -0.25) is 4.90 Å². The minimum absolute atomic E-state index is 0.132. The van der Waals surface area contributed by atoms with Crippen LogP contribution < -0.4 is 15.4 Å². The molecule has 0 spiro atoms. The predicted octanol–water partition coefficient (Wildman–Crippen LogP) is -0.0583. The van der Waals surface area contributed by atoms with Gasteiger partial charge in [0.1, 0.15) is 0 Å². The molecule has 2 heterocycles. The minimum atomic E-state index is 0.132. The van der Waals surface area contributed by atoms with E-state index in [9.17, 15) is 0 Å². The Morgan fingerprint density at radius 3 is 2.58 bits per heavy atom. The highest BCUT2D eigenvalue weighted by Crippen LogP contribution is 2.16. The third-order valence-electron chi connectivity index (χ3n) is 2.79. The number of piperazine rings is 1. The molecule has 0 radical (unpaired) electrons. The van der Waals surface area contributed by atoms with Crippen molar-refractivity contribution in [1.82, 2.24) is 19.9 Å². The summed E-state index contributed by atoms with van der Waals surface area (Å²) in [5, 5.41) is 0.132. The smallest absolute Gasteiger partial charge is 0.322 e. The number of rotatable bonds is 4. The molecule has 19 heavy (non-hydrogen) atoms. The maximum atomic E-state index is 5.83. The number of thiocarbonyl (C=S) groups is 1. The Morgan fingerprint density at radius 1 is 1.32 bits per heavy atom. The maximum Gasteiger partial charge on any atom is 0.322 e. The van der Waals surface area contributed by atoms with E-state index in [1.165, 1.54) is 7.11 Å². The Hall–Kier alpha value is -1.25. The third-order valence-corrected chi connectivity index (χ3v) is 3.09. The summed E-state index contributed by atoms with van der Waals surface area (Å²) in [7, 11) is 1.50. The van der Waals surface area contributed by atoms with E-state index in [0.29, 0.717) is 17.5 Å². The molecule has 1 fully saturated rings. The van der Waals surface area contributed by atoms with Gasteiger partial charge >= 0.3 is 6.01 Å². The fraction of sp³-hybridized carbons (Fsp3) is 0.600. The van der Waals surface area contributed by atoms with Gasteiger partial charge in [-0.15, -0.1) is 0 Å². The summed E-state index contributed by atoms with van der Waals surface area (Å²) >= 11 is 10.7. The first-order chi connectivity index (χ1) is 9.08. The van der Waals surface area contributed by atoms with Gasteiger partial charge in [0.05, 0.1) is 12.1 Å². The van der Waals surface area contributed by atoms with Crippen molar-refractivity contribution in [1.29, 1.82) is 0 Å². The molecule has 2 N–H and O–H groups in total. The van der Waals surface area contributed by atoms with Crippen LogP contribution in [0.25, 0.3) is 0 Å². The third kappa shape index (κ3) is 3.85. The van der Waals surface area contributed by atoms with Gasteiger partial charge in [0.15, 0.2) is 0 Å². The molecule has 0 atom stereocenters. The minimum Gasteiger partial charge on any atom is -0.467 e. The normalized spacial score (nSPS) is 16.4. The quantitative estimate of drug-likeness (QED) is 0.775. The van der Waals surface area contributed by atoms with Gasteiger partial charge in [-0.1, -0.05) is 12.2 Å². The monoisotopic (exact) mass is 302 g/mol. The molecule has 1 saturated heterocycles. The molecule has 1 aromatic rings. The standard InChI is InChI=1S/C10H15ClN6OS/c1-18-10-14-8(11)13-9(15-10)17-4-2-16(3-5-17)6-7(12)19/h2-6H2,1H3,(H2,12,19). The van der Waals surface area contributed by atoms with E-state index in [4.69, 9.17) is 34.3 Å². The average Bonchev–Trinajstić information content (AvgIpc) is 2.38. The number of nitrogens with zero attached hydrogens (tertiary/aromatic N) is 5. The zero-order valence-electron chi connectivity index (χ0n) is 10.5.